The average Bonchev–Trinajstić information content (AvgIpc) is 3.39. The lowest BCUT2D eigenvalue weighted by Crippen LogP contribution is -2.19. The van der Waals surface area contributed by atoms with E-state index in [2.05, 4.69) is 5.32 Å². The lowest BCUT2D eigenvalue weighted by Gasteiger charge is -2.17. The van der Waals surface area contributed by atoms with Crippen molar-refractivity contribution >= 4 is 16.9 Å². The van der Waals surface area contributed by atoms with E-state index in [1.54, 1.807) is 18.2 Å². The van der Waals surface area contributed by atoms with Crippen molar-refractivity contribution in [2.75, 3.05) is 0 Å². The van der Waals surface area contributed by atoms with E-state index in [9.17, 15) is 19.1 Å². The van der Waals surface area contributed by atoms with Gasteiger partial charge in [0, 0.05) is 36.3 Å². The molecule has 1 saturated carbocycles. The zero-order chi connectivity index (χ0) is 19.6. The Morgan fingerprint density at radius 3 is 2.75 bits per heavy atom. The molecular weight excluding hydrogens is 359 g/mol. The van der Waals surface area contributed by atoms with E-state index in [1.807, 2.05) is 17.6 Å². The van der Waals surface area contributed by atoms with E-state index >= 15 is 0 Å². The van der Waals surface area contributed by atoms with Crippen molar-refractivity contribution in [3.8, 4) is 11.1 Å². The average molecular weight is 378 g/mol. The smallest absolute Gasteiger partial charge is 0.341 e. The molecule has 0 amide bonds. The molecule has 0 unspecified atom stereocenters. The van der Waals surface area contributed by atoms with Crippen LogP contribution in [0.2, 0.25) is 0 Å². The van der Waals surface area contributed by atoms with Gasteiger partial charge in [0.15, 0.2) is 0 Å². The summed E-state index contributed by atoms with van der Waals surface area (Å²) < 4.78 is 16.5. The molecule has 0 radical (unpaired) electrons. The van der Waals surface area contributed by atoms with Crippen LogP contribution in [-0.2, 0) is 13.1 Å². The molecule has 1 aliphatic carbocycles. The van der Waals surface area contributed by atoms with Crippen LogP contribution < -0.4 is 10.7 Å². The van der Waals surface area contributed by atoms with Crippen LogP contribution in [0.1, 0.15) is 45.9 Å². The molecule has 142 valence electrons. The summed E-state index contributed by atoms with van der Waals surface area (Å²) in [5, 5.41) is 13.0. The summed E-state index contributed by atoms with van der Waals surface area (Å²) in [6, 6.07) is 7.22. The number of aryl methyl sites for hydroxylation is 1. The number of benzene rings is 2. The Kier molecular flexibility index (Phi) is 3.67. The highest BCUT2D eigenvalue weighted by atomic mass is 19.1. The second-order valence-electron chi connectivity index (χ2n) is 7.65. The Labute approximate surface area is 160 Å². The molecule has 5 nitrogen and oxygen atoms in total. The molecule has 0 spiro atoms. The van der Waals surface area contributed by atoms with Crippen LogP contribution >= 0.6 is 0 Å². The summed E-state index contributed by atoms with van der Waals surface area (Å²) in [5.74, 6) is -1.44. The van der Waals surface area contributed by atoms with Crippen LogP contribution in [0.15, 0.2) is 35.3 Å². The Hall–Kier alpha value is -2.99. The first-order valence-corrected chi connectivity index (χ1v) is 9.40. The molecule has 1 fully saturated rings. The molecular formula is C22H19FN2O3. The van der Waals surface area contributed by atoms with Crippen molar-refractivity contribution in [2.45, 2.75) is 38.9 Å². The van der Waals surface area contributed by atoms with Gasteiger partial charge in [-0.05, 0) is 60.2 Å². The fraction of sp³-hybridized carbons (Fsp3) is 0.273. The van der Waals surface area contributed by atoms with Gasteiger partial charge in [-0.25, -0.2) is 9.18 Å². The SMILES string of the molecule is Cc1c(-c2cc(F)c3c(c2)CNC3)ccc2c(=O)c(C(=O)O)cn(C3CC3)c12. The van der Waals surface area contributed by atoms with Crippen molar-refractivity contribution in [2.24, 2.45) is 0 Å². The van der Waals surface area contributed by atoms with E-state index in [1.165, 1.54) is 6.20 Å². The Bertz CT molecular complexity index is 1220. The maximum atomic E-state index is 14.5. The Morgan fingerprint density at radius 1 is 1.25 bits per heavy atom. The van der Waals surface area contributed by atoms with Crippen LogP contribution in [0.4, 0.5) is 4.39 Å². The minimum absolute atomic E-state index is 0.205. The first-order valence-electron chi connectivity index (χ1n) is 9.40. The third kappa shape index (κ3) is 2.48. The number of aromatic nitrogens is 1. The normalized spacial score (nSPS) is 15.8. The second kappa shape index (κ2) is 6.01. The van der Waals surface area contributed by atoms with Gasteiger partial charge < -0.3 is 15.0 Å². The first kappa shape index (κ1) is 17.1. The fourth-order valence-corrected chi connectivity index (χ4v) is 4.26. The van der Waals surface area contributed by atoms with E-state index < -0.39 is 11.4 Å². The highest BCUT2D eigenvalue weighted by Gasteiger charge is 2.28. The monoisotopic (exact) mass is 378 g/mol. The maximum Gasteiger partial charge on any atom is 0.341 e. The highest BCUT2D eigenvalue weighted by molar-refractivity contribution is 5.95. The number of carbonyl (C=O) groups is 1. The molecule has 2 aliphatic rings. The molecule has 6 heteroatoms. The summed E-state index contributed by atoms with van der Waals surface area (Å²) in [4.78, 5) is 24.2. The van der Waals surface area contributed by atoms with Crippen LogP contribution in [0.5, 0.6) is 0 Å². The van der Waals surface area contributed by atoms with Crippen LogP contribution in [0.25, 0.3) is 22.0 Å². The van der Waals surface area contributed by atoms with Gasteiger partial charge in [0.25, 0.3) is 0 Å². The number of halogens is 1. The summed E-state index contributed by atoms with van der Waals surface area (Å²) in [5.41, 5.74) is 4.23. The number of rotatable bonds is 3. The van der Waals surface area contributed by atoms with Gasteiger partial charge >= 0.3 is 5.97 Å². The molecule has 0 bridgehead atoms. The third-order valence-electron chi connectivity index (χ3n) is 5.83. The fourth-order valence-electron chi connectivity index (χ4n) is 4.26. The topological polar surface area (TPSA) is 71.3 Å². The molecule has 3 aromatic rings. The van der Waals surface area contributed by atoms with E-state index in [4.69, 9.17) is 0 Å². The zero-order valence-electron chi connectivity index (χ0n) is 15.4. The van der Waals surface area contributed by atoms with Crippen molar-refractivity contribution < 1.29 is 14.3 Å². The third-order valence-corrected chi connectivity index (χ3v) is 5.83. The molecule has 2 aromatic carbocycles. The number of carboxylic acid groups (broad SMARTS) is 1. The van der Waals surface area contributed by atoms with E-state index in [-0.39, 0.29) is 17.4 Å². The van der Waals surface area contributed by atoms with Crippen molar-refractivity contribution in [3.63, 3.8) is 0 Å². The van der Waals surface area contributed by atoms with Crippen LogP contribution in [-0.4, -0.2) is 15.6 Å². The van der Waals surface area contributed by atoms with Crippen molar-refractivity contribution in [1.29, 1.82) is 0 Å². The van der Waals surface area contributed by atoms with Gasteiger partial charge in [0.1, 0.15) is 11.4 Å². The molecule has 1 aliphatic heterocycles. The standard InChI is InChI=1S/C22H19FN2O3/c1-11-15(12-6-13-8-24-9-17(13)19(23)7-12)4-5-16-20(11)25(14-2-3-14)10-18(21(16)26)22(27)28/h4-7,10,14,24H,2-3,8-9H2,1H3,(H,27,28). The largest absolute Gasteiger partial charge is 0.477 e. The Morgan fingerprint density at radius 2 is 2.04 bits per heavy atom. The summed E-state index contributed by atoms with van der Waals surface area (Å²) in [6.45, 7) is 3.10. The lowest BCUT2D eigenvalue weighted by atomic mass is 9.94. The number of hydrogen-bond acceptors (Lipinski definition) is 3. The van der Waals surface area contributed by atoms with Gasteiger partial charge in [-0.3, -0.25) is 4.79 Å². The van der Waals surface area contributed by atoms with Crippen molar-refractivity contribution in [3.05, 3.63) is 68.8 Å². The summed E-state index contributed by atoms with van der Waals surface area (Å²) in [6.07, 6.45) is 3.38. The first-order chi connectivity index (χ1) is 13.5. The van der Waals surface area contributed by atoms with Crippen LogP contribution in [0, 0.1) is 12.7 Å². The van der Waals surface area contributed by atoms with Gasteiger partial charge in [-0.1, -0.05) is 6.07 Å². The maximum absolute atomic E-state index is 14.5. The highest BCUT2D eigenvalue weighted by Crippen LogP contribution is 2.39. The van der Waals surface area contributed by atoms with Gasteiger partial charge in [0.2, 0.25) is 5.43 Å². The summed E-state index contributed by atoms with van der Waals surface area (Å²) >= 11 is 0. The molecule has 0 saturated heterocycles. The van der Waals surface area contributed by atoms with E-state index in [0.717, 1.165) is 40.6 Å². The predicted molar refractivity (Wildman–Crippen MR) is 104 cm³/mol. The number of pyridine rings is 1. The number of carboxylic acids is 1. The number of nitrogens with one attached hydrogen (secondary N) is 1. The number of nitrogens with zero attached hydrogens (tertiary/aromatic N) is 1. The summed E-state index contributed by atoms with van der Waals surface area (Å²) in [7, 11) is 0. The molecule has 28 heavy (non-hydrogen) atoms. The number of aromatic carboxylic acids is 1. The van der Waals surface area contributed by atoms with Crippen molar-refractivity contribution in [1.82, 2.24) is 9.88 Å². The molecule has 2 N–H and O–H groups in total. The molecule has 0 atom stereocenters. The van der Waals surface area contributed by atoms with Crippen LogP contribution in [0.3, 0.4) is 0 Å². The lowest BCUT2D eigenvalue weighted by molar-refractivity contribution is 0.0695. The Balaban J connectivity index is 1.79. The predicted octanol–water partition coefficient (Wildman–Crippen LogP) is 3.75. The number of hydrogen-bond donors (Lipinski definition) is 2. The van der Waals surface area contributed by atoms with Gasteiger partial charge in [-0.2, -0.15) is 0 Å². The quantitative estimate of drug-likeness (QED) is 0.728. The van der Waals surface area contributed by atoms with Gasteiger partial charge in [-0.15, -0.1) is 0 Å². The minimum atomic E-state index is -1.21. The molecule has 2 heterocycles. The zero-order valence-corrected chi connectivity index (χ0v) is 15.4. The molecule has 5 rings (SSSR count). The second-order valence-corrected chi connectivity index (χ2v) is 7.65. The van der Waals surface area contributed by atoms with E-state index in [0.29, 0.717) is 24.0 Å². The van der Waals surface area contributed by atoms with Gasteiger partial charge in [0.05, 0.1) is 5.52 Å². The number of fused-ring (bicyclic) bond motifs is 2. The minimum Gasteiger partial charge on any atom is -0.477 e. The molecule has 1 aromatic heterocycles.